The van der Waals surface area contributed by atoms with E-state index in [1.54, 1.807) is 12.1 Å². The standard InChI is InChI=1S/C19H21NO5/c1-23-19(22)16-5-2-14(3-6-16)11-20(8-9-21)12-15-4-7-17-18(10-15)25-13-24-17/h2-7,10,21H,8-9,11-13H2,1H3. The van der Waals surface area contributed by atoms with Gasteiger partial charge in [0.25, 0.3) is 0 Å². The third-order valence-electron chi connectivity index (χ3n) is 4.04. The molecule has 0 unspecified atom stereocenters. The van der Waals surface area contributed by atoms with Gasteiger partial charge in [-0.3, -0.25) is 4.90 Å². The highest BCUT2D eigenvalue weighted by Crippen LogP contribution is 2.32. The van der Waals surface area contributed by atoms with Crippen LogP contribution < -0.4 is 9.47 Å². The van der Waals surface area contributed by atoms with E-state index >= 15 is 0 Å². The third-order valence-corrected chi connectivity index (χ3v) is 4.04. The summed E-state index contributed by atoms with van der Waals surface area (Å²) in [6.07, 6.45) is 0. The first-order valence-electron chi connectivity index (χ1n) is 8.08. The molecule has 3 rings (SSSR count). The van der Waals surface area contributed by atoms with E-state index in [1.807, 2.05) is 30.3 Å². The minimum Gasteiger partial charge on any atom is -0.465 e. The second kappa shape index (κ2) is 8.00. The number of aliphatic hydroxyl groups is 1. The molecule has 0 aliphatic carbocycles. The van der Waals surface area contributed by atoms with Gasteiger partial charge in [-0.2, -0.15) is 0 Å². The molecule has 0 saturated carbocycles. The van der Waals surface area contributed by atoms with Crippen LogP contribution in [0.2, 0.25) is 0 Å². The van der Waals surface area contributed by atoms with Crippen LogP contribution in [0, 0.1) is 0 Å². The summed E-state index contributed by atoms with van der Waals surface area (Å²) in [5, 5.41) is 9.35. The number of esters is 1. The number of nitrogens with zero attached hydrogens (tertiary/aromatic N) is 1. The Hall–Kier alpha value is -2.57. The van der Waals surface area contributed by atoms with Gasteiger partial charge in [-0.25, -0.2) is 4.79 Å². The van der Waals surface area contributed by atoms with Crippen molar-refractivity contribution >= 4 is 5.97 Å². The summed E-state index contributed by atoms with van der Waals surface area (Å²) in [6, 6.07) is 13.2. The van der Waals surface area contributed by atoms with E-state index in [-0.39, 0.29) is 19.4 Å². The lowest BCUT2D eigenvalue weighted by Crippen LogP contribution is -2.26. The van der Waals surface area contributed by atoms with Gasteiger partial charge in [0.15, 0.2) is 11.5 Å². The van der Waals surface area contributed by atoms with Crippen molar-refractivity contribution in [2.45, 2.75) is 13.1 Å². The van der Waals surface area contributed by atoms with Crippen molar-refractivity contribution in [3.05, 3.63) is 59.2 Å². The van der Waals surface area contributed by atoms with E-state index in [1.165, 1.54) is 7.11 Å². The molecule has 2 aromatic rings. The van der Waals surface area contributed by atoms with Gasteiger partial charge >= 0.3 is 5.97 Å². The number of aliphatic hydroxyl groups excluding tert-OH is 1. The van der Waals surface area contributed by atoms with Crippen LogP contribution in [-0.2, 0) is 17.8 Å². The first kappa shape index (κ1) is 17.3. The van der Waals surface area contributed by atoms with Crippen LogP contribution in [0.15, 0.2) is 42.5 Å². The summed E-state index contributed by atoms with van der Waals surface area (Å²) in [5.41, 5.74) is 2.67. The molecule has 1 aliphatic heterocycles. The summed E-state index contributed by atoms with van der Waals surface area (Å²) in [7, 11) is 1.37. The maximum absolute atomic E-state index is 11.5. The molecule has 0 bridgehead atoms. The highest BCUT2D eigenvalue weighted by atomic mass is 16.7. The Balaban J connectivity index is 1.67. The molecule has 0 amide bonds. The predicted molar refractivity (Wildman–Crippen MR) is 91.5 cm³/mol. The van der Waals surface area contributed by atoms with Crippen LogP contribution in [0.1, 0.15) is 21.5 Å². The summed E-state index contributed by atoms with van der Waals surface area (Å²) in [5.74, 6) is 1.17. The Kier molecular flexibility index (Phi) is 5.53. The van der Waals surface area contributed by atoms with Crippen molar-refractivity contribution in [3.63, 3.8) is 0 Å². The molecule has 0 saturated heterocycles. The maximum atomic E-state index is 11.5. The van der Waals surface area contributed by atoms with Crippen molar-refractivity contribution in [3.8, 4) is 11.5 Å². The van der Waals surface area contributed by atoms with E-state index in [9.17, 15) is 9.90 Å². The Bertz CT molecular complexity index is 729. The van der Waals surface area contributed by atoms with Crippen LogP contribution >= 0.6 is 0 Å². The molecular weight excluding hydrogens is 322 g/mol. The SMILES string of the molecule is COC(=O)c1ccc(CN(CCO)Cc2ccc3c(c2)OCO3)cc1. The fourth-order valence-electron chi connectivity index (χ4n) is 2.78. The van der Waals surface area contributed by atoms with Crippen molar-refractivity contribution in [1.29, 1.82) is 0 Å². The number of ether oxygens (including phenoxy) is 3. The highest BCUT2D eigenvalue weighted by Gasteiger charge is 2.15. The number of hydrogen-bond donors (Lipinski definition) is 1. The molecule has 25 heavy (non-hydrogen) atoms. The van der Waals surface area contributed by atoms with Crippen LogP contribution in [0.3, 0.4) is 0 Å². The van der Waals surface area contributed by atoms with Crippen LogP contribution in [0.25, 0.3) is 0 Å². The summed E-state index contributed by atoms with van der Waals surface area (Å²) >= 11 is 0. The normalized spacial score (nSPS) is 12.4. The van der Waals surface area contributed by atoms with Crippen molar-refractivity contribution in [2.75, 3.05) is 27.1 Å². The summed E-state index contributed by atoms with van der Waals surface area (Å²) in [6.45, 7) is 2.22. The van der Waals surface area contributed by atoms with E-state index in [0.717, 1.165) is 22.6 Å². The minimum absolute atomic E-state index is 0.0742. The Labute approximate surface area is 146 Å². The topological polar surface area (TPSA) is 68.2 Å². The van der Waals surface area contributed by atoms with E-state index in [4.69, 9.17) is 14.2 Å². The van der Waals surface area contributed by atoms with Gasteiger partial charge < -0.3 is 19.3 Å². The highest BCUT2D eigenvalue weighted by molar-refractivity contribution is 5.89. The molecule has 6 nitrogen and oxygen atoms in total. The van der Waals surface area contributed by atoms with Crippen LogP contribution in [0.5, 0.6) is 11.5 Å². The molecule has 0 aromatic heterocycles. The first-order chi connectivity index (χ1) is 12.2. The lowest BCUT2D eigenvalue weighted by Gasteiger charge is -2.21. The minimum atomic E-state index is -0.348. The number of carbonyl (C=O) groups is 1. The Morgan fingerprint density at radius 2 is 1.76 bits per heavy atom. The fraction of sp³-hybridized carbons (Fsp3) is 0.316. The molecule has 1 N–H and O–H groups in total. The zero-order chi connectivity index (χ0) is 17.6. The zero-order valence-electron chi connectivity index (χ0n) is 14.1. The second-order valence-corrected chi connectivity index (χ2v) is 5.81. The van der Waals surface area contributed by atoms with Gasteiger partial charge in [0.2, 0.25) is 6.79 Å². The molecular formula is C19H21NO5. The molecule has 6 heteroatoms. The number of carbonyl (C=O) groups excluding carboxylic acids is 1. The molecule has 0 atom stereocenters. The molecule has 1 aliphatic rings. The zero-order valence-corrected chi connectivity index (χ0v) is 14.1. The average molecular weight is 343 g/mol. The largest absolute Gasteiger partial charge is 0.465 e. The number of hydrogen-bond acceptors (Lipinski definition) is 6. The van der Waals surface area contributed by atoms with E-state index in [2.05, 4.69) is 4.90 Å². The van der Waals surface area contributed by atoms with Gasteiger partial charge in [0, 0.05) is 19.6 Å². The lowest BCUT2D eigenvalue weighted by atomic mass is 10.1. The van der Waals surface area contributed by atoms with Gasteiger partial charge in [-0.1, -0.05) is 18.2 Å². The molecule has 0 radical (unpaired) electrons. The number of methoxy groups -OCH3 is 1. The molecule has 132 valence electrons. The second-order valence-electron chi connectivity index (χ2n) is 5.81. The first-order valence-corrected chi connectivity index (χ1v) is 8.08. The third kappa shape index (κ3) is 4.29. The van der Waals surface area contributed by atoms with Crippen LogP contribution in [-0.4, -0.2) is 43.0 Å². The van der Waals surface area contributed by atoms with Crippen molar-refractivity contribution < 1.29 is 24.1 Å². The van der Waals surface area contributed by atoms with Gasteiger partial charge in [0.05, 0.1) is 19.3 Å². The van der Waals surface area contributed by atoms with Crippen molar-refractivity contribution in [1.82, 2.24) is 4.90 Å². The Morgan fingerprint density at radius 1 is 1.08 bits per heavy atom. The van der Waals surface area contributed by atoms with Gasteiger partial charge in [0.1, 0.15) is 0 Å². The van der Waals surface area contributed by atoms with E-state index in [0.29, 0.717) is 25.2 Å². The number of benzene rings is 2. The molecule has 0 spiro atoms. The maximum Gasteiger partial charge on any atom is 0.337 e. The molecule has 2 aromatic carbocycles. The molecule has 1 heterocycles. The average Bonchev–Trinajstić information content (AvgIpc) is 3.09. The Morgan fingerprint density at radius 3 is 2.48 bits per heavy atom. The summed E-state index contributed by atoms with van der Waals surface area (Å²) in [4.78, 5) is 13.6. The number of fused-ring (bicyclic) bond motifs is 1. The molecule has 0 fully saturated rings. The van der Waals surface area contributed by atoms with E-state index < -0.39 is 0 Å². The van der Waals surface area contributed by atoms with Gasteiger partial charge in [-0.05, 0) is 35.4 Å². The fourth-order valence-corrected chi connectivity index (χ4v) is 2.78. The smallest absolute Gasteiger partial charge is 0.337 e. The quantitative estimate of drug-likeness (QED) is 0.778. The summed E-state index contributed by atoms with van der Waals surface area (Å²) < 4.78 is 15.4. The predicted octanol–water partition coefficient (Wildman–Crippen LogP) is 2.20. The lowest BCUT2D eigenvalue weighted by molar-refractivity contribution is 0.0600. The van der Waals surface area contributed by atoms with Gasteiger partial charge in [-0.15, -0.1) is 0 Å². The number of rotatable bonds is 7. The monoisotopic (exact) mass is 343 g/mol. The van der Waals surface area contributed by atoms with Crippen LogP contribution in [0.4, 0.5) is 0 Å². The van der Waals surface area contributed by atoms with Crippen molar-refractivity contribution in [2.24, 2.45) is 0 Å².